The number of anilines is 1. The SMILES string of the molecule is CCCC(C)Nc1nc(C)ncc1OCCCc1ccc2c(c1)OCO2. The predicted octanol–water partition coefficient (Wildman–Crippen LogP) is 4.13. The molecule has 0 bridgehead atoms. The molecule has 0 spiro atoms. The van der Waals surface area contributed by atoms with Crippen molar-refractivity contribution in [1.82, 2.24) is 9.97 Å². The topological polar surface area (TPSA) is 65.5 Å². The van der Waals surface area contributed by atoms with Crippen molar-refractivity contribution in [3.05, 3.63) is 35.8 Å². The smallest absolute Gasteiger partial charge is 0.231 e. The Labute approximate surface area is 154 Å². The van der Waals surface area contributed by atoms with Gasteiger partial charge in [-0.05, 0) is 50.8 Å². The van der Waals surface area contributed by atoms with E-state index >= 15 is 0 Å². The fraction of sp³-hybridized carbons (Fsp3) is 0.500. The van der Waals surface area contributed by atoms with Crippen molar-refractivity contribution >= 4 is 5.82 Å². The largest absolute Gasteiger partial charge is 0.488 e. The van der Waals surface area contributed by atoms with Gasteiger partial charge < -0.3 is 19.5 Å². The molecule has 2 heterocycles. The van der Waals surface area contributed by atoms with E-state index in [1.807, 2.05) is 19.1 Å². The van der Waals surface area contributed by atoms with Crippen LogP contribution in [0.3, 0.4) is 0 Å². The molecular formula is C20H27N3O3. The maximum absolute atomic E-state index is 5.94. The third-order valence-electron chi connectivity index (χ3n) is 4.28. The Morgan fingerprint density at radius 2 is 2.12 bits per heavy atom. The highest BCUT2D eigenvalue weighted by Crippen LogP contribution is 2.32. The molecular weight excluding hydrogens is 330 g/mol. The number of aromatic nitrogens is 2. The highest BCUT2D eigenvalue weighted by atomic mass is 16.7. The summed E-state index contributed by atoms with van der Waals surface area (Å²) in [4.78, 5) is 8.76. The number of fused-ring (bicyclic) bond motifs is 1. The molecule has 1 N–H and O–H groups in total. The molecule has 0 amide bonds. The quantitative estimate of drug-likeness (QED) is 0.681. The fourth-order valence-corrected chi connectivity index (χ4v) is 2.96. The van der Waals surface area contributed by atoms with Crippen LogP contribution in [0.1, 0.15) is 44.5 Å². The van der Waals surface area contributed by atoms with Crippen LogP contribution in [0.2, 0.25) is 0 Å². The maximum atomic E-state index is 5.94. The molecule has 26 heavy (non-hydrogen) atoms. The molecule has 1 aromatic carbocycles. The van der Waals surface area contributed by atoms with Crippen LogP contribution in [-0.4, -0.2) is 29.4 Å². The number of aryl methyl sites for hydroxylation is 2. The Balaban J connectivity index is 1.52. The van der Waals surface area contributed by atoms with Crippen LogP contribution >= 0.6 is 0 Å². The van der Waals surface area contributed by atoms with E-state index in [-0.39, 0.29) is 0 Å². The van der Waals surface area contributed by atoms with E-state index in [0.717, 1.165) is 48.8 Å². The average molecular weight is 357 g/mol. The van der Waals surface area contributed by atoms with E-state index in [2.05, 4.69) is 35.2 Å². The predicted molar refractivity (Wildman–Crippen MR) is 101 cm³/mol. The minimum atomic E-state index is 0.307. The Bertz CT molecular complexity index is 736. The lowest BCUT2D eigenvalue weighted by Crippen LogP contribution is -2.17. The van der Waals surface area contributed by atoms with Gasteiger partial charge in [0.1, 0.15) is 5.82 Å². The van der Waals surface area contributed by atoms with Crippen molar-refractivity contribution in [2.45, 2.75) is 52.5 Å². The highest BCUT2D eigenvalue weighted by molar-refractivity contribution is 5.49. The average Bonchev–Trinajstić information content (AvgIpc) is 3.08. The molecule has 0 radical (unpaired) electrons. The monoisotopic (exact) mass is 357 g/mol. The molecule has 1 aliphatic heterocycles. The van der Waals surface area contributed by atoms with Crippen molar-refractivity contribution in [3.63, 3.8) is 0 Å². The summed E-state index contributed by atoms with van der Waals surface area (Å²) in [5.74, 6) is 3.88. The van der Waals surface area contributed by atoms with Gasteiger partial charge in [-0.15, -0.1) is 0 Å². The van der Waals surface area contributed by atoms with Crippen LogP contribution in [-0.2, 0) is 6.42 Å². The van der Waals surface area contributed by atoms with Gasteiger partial charge in [-0.3, -0.25) is 0 Å². The molecule has 0 aliphatic carbocycles. The van der Waals surface area contributed by atoms with Crippen LogP contribution in [0.4, 0.5) is 5.82 Å². The van der Waals surface area contributed by atoms with Crippen molar-refractivity contribution in [1.29, 1.82) is 0 Å². The number of hydrogen-bond acceptors (Lipinski definition) is 6. The third-order valence-corrected chi connectivity index (χ3v) is 4.28. The summed E-state index contributed by atoms with van der Waals surface area (Å²) in [6.07, 6.45) is 5.79. The Morgan fingerprint density at radius 3 is 2.96 bits per heavy atom. The molecule has 6 nitrogen and oxygen atoms in total. The first-order valence-electron chi connectivity index (χ1n) is 9.27. The summed E-state index contributed by atoms with van der Waals surface area (Å²) in [7, 11) is 0. The number of benzene rings is 1. The van der Waals surface area contributed by atoms with Gasteiger partial charge in [0.05, 0.1) is 12.8 Å². The first-order valence-corrected chi connectivity index (χ1v) is 9.27. The molecule has 0 fully saturated rings. The summed E-state index contributed by atoms with van der Waals surface area (Å²) in [5, 5.41) is 3.43. The van der Waals surface area contributed by atoms with Gasteiger partial charge in [0.15, 0.2) is 23.1 Å². The molecule has 1 unspecified atom stereocenters. The molecule has 0 saturated carbocycles. The van der Waals surface area contributed by atoms with Gasteiger partial charge in [0, 0.05) is 6.04 Å². The highest BCUT2D eigenvalue weighted by Gasteiger charge is 2.13. The van der Waals surface area contributed by atoms with Crippen molar-refractivity contribution in [3.8, 4) is 17.2 Å². The van der Waals surface area contributed by atoms with Crippen LogP contribution in [0.25, 0.3) is 0 Å². The maximum Gasteiger partial charge on any atom is 0.231 e. The minimum absolute atomic E-state index is 0.307. The summed E-state index contributed by atoms with van der Waals surface area (Å²) < 4.78 is 16.7. The molecule has 140 valence electrons. The van der Waals surface area contributed by atoms with E-state index in [1.54, 1.807) is 6.20 Å². The van der Waals surface area contributed by atoms with Crippen LogP contribution in [0.15, 0.2) is 24.4 Å². The minimum Gasteiger partial charge on any atom is -0.488 e. The lowest BCUT2D eigenvalue weighted by atomic mass is 10.1. The molecule has 1 atom stereocenters. The van der Waals surface area contributed by atoms with E-state index in [9.17, 15) is 0 Å². The van der Waals surface area contributed by atoms with Gasteiger partial charge >= 0.3 is 0 Å². The zero-order valence-electron chi connectivity index (χ0n) is 15.7. The fourth-order valence-electron chi connectivity index (χ4n) is 2.96. The molecule has 3 rings (SSSR count). The summed E-state index contributed by atoms with van der Waals surface area (Å²) >= 11 is 0. The number of rotatable bonds is 9. The lowest BCUT2D eigenvalue weighted by Gasteiger charge is -2.17. The Kier molecular flexibility index (Phi) is 6.15. The van der Waals surface area contributed by atoms with E-state index in [0.29, 0.717) is 25.2 Å². The number of nitrogens with one attached hydrogen (secondary N) is 1. The Morgan fingerprint density at radius 1 is 1.27 bits per heavy atom. The van der Waals surface area contributed by atoms with Crippen LogP contribution < -0.4 is 19.5 Å². The van der Waals surface area contributed by atoms with Gasteiger partial charge in [0.25, 0.3) is 0 Å². The molecule has 6 heteroatoms. The second-order valence-corrected chi connectivity index (χ2v) is 6.60. The standard InChI is InChI=1S/C20H27N3O3/c1-4-6-14(2)22-20-19(12-21-15(3)23-20)24-10-5-7-16-8-9-17-18(11-16)26-13-25-17/h8-9,11-12,14H,4-7,10,13H2,1-3H3,(H,21,22,23). The number of hydrogen-bond donors (Lipinski definition) is 1. The van der Waals surface area contributed by atoms with Crippen LogP contribution in [0, 0.1) is 6.92 Å². The van der Waals surface area contributed by atoms with Crippen molar-refractivity contribution in [2.24, 2.45) is 0 Å². The zero-order chi connectivity index (χ0) is 18.4. The second-order valence-electron chi connectivity index (χ2n) is 6.60. The molecule has 0 saturated heterocycles. The van der Waals surface area contributed by atoms with E-state index in [4.69, 9.17) is 14.2 Å². The van der Waals surface area contributed by atoms with Gasteiger partial charge in [-0.25, -0.2) is 9.97 Å². The lowest BCUT2D eigenvalue weighted by molar-refractivity contribution is 0.174. The third kappa shape index (κ3) is 4.77. The number of nitrogens with zero attached hydrogens (tertiary/aromatic N) is 2. The van der Waals surface area contributed by atoms with E-state index < -0.39 is 0 Å². The molecule has 1 aromatic heterocycles. The summed E-state index contributed by atoms with van der Waals surface area (Å²) in [6.45, 7) is 7.14. The van der Waals surface area contributed by atoms with Gasteiger partial charge in [-0.1, -0.05) is 19.4 Å². The molecule has 1 aliphatic rings. The van der Waals surface area contributed by atoms with Gasteiger partial charge in [0.2, 0.25) is 6.79 Å². The summed E-state index contributed by atoms with van der Waals surface area (Å²) in [6, 6.07) is 6.42. The summed E-state index contributed by atoms with van der Waals surface area (Å²) in [5.41, 5.74) is 1.22. The first-order chi connectivity index (χ1) is 12.7. The normalized spacial score (nSPS) is 13.5. The second kappa shape index (κ2) is 8.74. The van der Waals surface area contributed by atoms with E-state index in [1.165, 1.54) is 5.56 Å². The molecule has 2 aromatic rings. The first kappa shape index (κ1) is 18.3. The van der Waals surface area contributed by atoms with Crippen molar-refractivity contribution < 1.29 is 14.2 Å². The van der Waals surface area contributed by atoms with Crippen molar-refractivity contribution in [2.75, 3.05) is 18.7 Å². The van der Waals surface area contributed by atoms with Crippen LogP contribution in [0.5, 0.6) is 17.2 Å². The Hall–Kier alpha value is -2.50. The van der Waals surface area contributed by atoms with Gasteiger partial charge in [-0.2, -0.15) is 0 Å². The number of ether oxygens (including phenoxy) is 3. The zero-order valence-corrected chi connectivity index (χ0v) is 15.7.